The van der Waals surface area contributed by atoms with Crippen molar-refractivity contribution in [1.29, 1.82) is 0 Å². The number of benzene rings is 4. The van der Waals surface area contributed by atoms with Gasteiger partial charge in [-0.05, 0) is 70.8 Å². The second-order valence-electron chi connectivity index (χ2n) is 7.73. The van der Waals surface area contributed by atoms with Gasteiger partial charge < -0.3 is 18.9 Å². The van der Waals surface area contributed by atoms with Crippen LogP contribution in [-0.4, -0.2) is 35.7 Å². The highest BCUT2D eigenvalue weighted by molar-refractivity contribution is 9.10. The maximum absolute atomic E-state index is 6.12. The maximum Gasteiger partial charge on any atom is 0.188 e. The Morgan fingerprint density at radius 1 is 0.688 bits per heavy atom. The van der Waals surface area contributed by atoms with Gasteiger partial charge in [-0.1, -0.05) is 45.7 Å². The molecule has 4 aromatic carbocycles. The molecule has 0 saturated heterocycles. The summed E-state index contributed by atoms with van der Waals surface area (Å²) >= 11 is 3.61. The number of ether oxygens (including phenoxy) is 4. The third kappa shape index (κ3) is 4.23. The summed E-state index contributed by atoms with van der Waals surface area (Å²) in [6.07, 6.45) is 0. The summed E-state index contributed by atoms with van der Waals surface area (Å²) < 4.78 is 23.6. The topological polar surface area (TPSA) is 36.9 Å². The van der Waals surface area contributed by atoms with Gasteiger partial charge in [-0.2, -0.15) is 0 Å². The Hall–Kier alpha value is -2.54. The molecule has 32 heavy (non-hydrogen) atoms. The number of hydrogen-bond acceptors (Lipinski definition) is 4. The summed E-state index contributed by atoms with van der Waals surface area (Å²) in [5, 5.41) is 4.28. The van der Waals surface area contributed by atoms with Crippen molar-refractivity contribution in [1.82, 2.24) is 0 Å². The molecule has 0 fully saturated rings. The highest BCUT2D eigenvalue weighted by atomic mass is 79.9. The molecule has 2 radical (unpaired) electrons. The predicted molar refractivity (Wildman–Crippen MR) is 134 cm³/mol. The van der Waals surface area contributed by atoms with Crippen molar-refractivity contribution in [2.75, 3.05) is 27.8 Å². The summed E-state index contributed by atoms with van der Waals surface area (Å²) in [4.78, 5) is 0. The third-order valence-corrected chi connectivity index (χ3v) is 6.01. The summed E-state index contributed by atoms with van der Waals surface area (Å²) in [7, 11) is 9.35. The lowest BCUT2D eigenvalue weighted by Gasteiger charge is -2.21. The van der Waals surface area contributed by atoms with Crippen LogP contribution in [0, 0.1) is 13.8 Å². The van der Waals surface area contributed by atoms with Crippen molar-refractivity contribution >= 4 is 50.8 Å². The standard InChI is InChI=1S/C26H24BBrO4/c1-15-9-23(31-13-29-3)25(19-7-5-17(27)11-21(15)19)26-20-8-6-18(28)12-22(20)16(2)10-24(26)32-14-30-4/h5-12H,13-14H2,1-4H3. The lowest BCUT2D eigenvalue weighted by atomic mass is 9.86. The van der Waals surface area contributed by atoms with E-state index in [-0.39, 0.29) is 13.6 Å². The van der Waals surface area contributed by atoms with Gasteiger partial charge in [-0.15, -0.1) is 0 Å². The molecule has 0 aliphatic heterocycles. The van der Waals surface area contributed by atoms with Gasteiger partial charge in [-0.25, -0.2) is 0 Å². The molecule has 162 valence electrons. The van der Waals surface area contributed by atoms with Crippen LogP contribution in [0.15, 0.2) is 53.0 Å². The fourth-order valence-corrected chi connectivity index (χ4v) is 4.47. The van der Waals surface area contributed by atoms with E-state index in [0.717, 1.165) is 59.8 Å². The van der Waals surface area contributed by atoms with E-state index in [1.807, 2.05) is 36.4 Å². The lowest BCUT2D eigenvalue weighted by Crippen LogP contribution is -2.06. The minimum atomic E-state index is 0.135. The van der Waals surface area contributed by atoms with Gasteiger partial charge in [0.1, 0.15) is 19.3 Å². The van der Waals surface area contributed by atoms with E-state index in [9.17, 15) is 0 Å². The van der Waals surface area contributed by atoms with Crippen molar-refractivity contribution in [3.8, 4) is 22.6 Å². The molecule has 0 spiro atoms. The average molecular weight is 491 g/mol. The van der Waals surface area contributed by atoms with E-state index < -0.39 is 0 Å². The zero-order valence-corrected chi connectivity index (χ0v) is 20.2. The van der Waals surface area contributed by atoms with Gasteiger partial charge in [0.15, 0.2) is 13.6 Å². The third-order valence-electron chi connectivity index (χ3n) is 5.52. The minimum absolute atomic E-state index is 0.135. The molecular formula is C26H24BBrO4. The normalized spacial score (nSPS) is 11.3. The van der Waals surface area contributed by atoms with Crippen LogP contribution in [0.25, 0.3) is 32.7 Å². The lowest BCUT2D eigenvalue weighted by molar-refractivity contribution is 0.0501. The molecular weight excluding hydrogens is 467 g/mol. The highest BCUT2D eigenvalue weighted by Crippen LogP contribution is 2.47. The number of rotatable bonds is 7. The van der Waals surface area contributed by atoms with E-state index in [4.69, 9.17) is 26.8 Å². The van der Waals surface area contributed by atoms with Crippen molar-refractivity contribution in [3.63, 3.8) is 0 Å². The van der Waals surface area contributed by atoms with Gasteiger partial charge >= 0.3 is 0 Å². The van der Waals surface area contributed by atoms with Gasteiger partial charge in [0.2, 0.25) is 0 Å². The van der Waals surface area contributed by atoms with Crippen molar-refractivity contribution < 1.29 is 18.9 Å². The predicted octanol–water partition coefficient (Wildman–Crippen LogP) is 5.80. The molecule has 4 nitrogen and oxygen atoms in total. The van der Waals surface area contributed by atoms with Crippen molar-refractivity contribution in [3.05, 3.63) is 64.1 Å². The largest absolute Gasteiger partial charge is 0.467 e. The van der Waals surface area contributed by atoms with Crippen molar-refractivity contribution in [2.45, 2.75) is 13.8 Å². The molecule has 0 N–H and O–H groups in total. The molecule has 0 unspecified atom stereocenters. The van der Waals surface area contributed by atoms with E-state index in [1.165, 1.54) is 0 Å². The van der Waals surface area contributed by atoms with Crippen LogP contribution >= 0.6 is 15.9 Å². The molecule has 0 amide bonds. The first-order valence-corrected chi connectivity index (χ1v) is 11.0. The van der Waals surface area contributed by atoms with Crippen LogP contribution in [0.5, 0.6) is 11.5 Å². The Morgan fingerprint density at radius 3 is 1.72 bits per heavy atom. The minimum Gasteiger partial charge on any atom is -0.467 e. The van der Waals surface area contributed by atoms with Crippen molar-refractivity contribution in [2.24, 2.45) is 0 Å². The van der Waals surface area contributed by atoms with E-state index in [0.29, 0.717) is 5.46 Å². The second kappa shape index (κ2) is 9.53. The zero-order chi connectivity index (χ0) is 22.8. The summed E-state index contributed by atoms with van der Waals surface area (Å²) in [6, 6.07) is 16.3. The Balaban J connectivity index is 2.16. The second-order valence-corrected chi connectivity index (χ2v) is 8.65. The quantitative estimate of drug-likeness (QED) is 0.242. The van der Waals surface area contributed by atoms with Crippen LogP contribution in [0.2, 0.25) is 0 Å². The maximum atomic E-state index is 6.12. The first kappa shape index (κ1) is 22.7. The number of aryl methyl sites for hydroxylation is 2. The molecule has 0 atom stereocenters. The molecule has 0 aromatic heterocycles. The molecule has 6 heteroatoms. The zero-order valence-electron chi connectivity index (χ0n) is 18.6. The highest BCUT2D eigenvalue weighted by Gasteiger charge is 2.21. The van der Waals surface area contributed by atoms with Gasteiger partial charge in [0.25, 0.3) is 0 Å². The molecule has 4 rings (SSSR count). The Labute approximate surface area is 198 Å². The Kier molecular flexibility index (Phi) is 6.75. The first-order chi connectivity index (χ1) is 15.4. The first-order valence-electron chi connectivity index (χ1n) is 10.2. The van der Waals surface area contributed by atoms with Crippen LogP contribution in [0.3, 0.4) is 0 Å². The number of hydrogen-bond donors (Lipinski definition) is 0. The Bertz CT molecular complexity index is 1200. The van der Waals surface area contributed by atoms with Gasteiger partial charge in [0.05, 0.1) is 0 Å². The summed E-state index contributed by atoms with van der Waals surface area (Å²) in [5.41, 5.74) is 4.76. The number of methoxy groups -OCH3 is 2. The summed E-state index contributed by atoms with van der Waals surface area (Å²) in [5.74, 6) is 1.44. The van der Waals surface area contributed by atoms with Gasteiger partial charge in [0, 0.05) is 29.8 Å². The molecule has 0 saturated carbocycles. The molecule has 0 aliphatic rings. The van der Waals surface area contributed by atoms with E-state index in [2.05, 4.69) is 41.9 Å². The Morgan fingerprint density at radius 2 is 1.19 bits per heavy atom. The smallest absolute Gasteiger partial charge is 0.188 e. The van der Waals surface area contributed by atoms with Crippen LogP contribution in [-0.2, 0) is 9.47 Å². The van der Waals surface area contributed by atoms with Crippen LogP contribution in [0.1, 0.15) is 11.1 Å². The van der Waals surface area contributed by atoms with E-state index >= 15 is 0 Å². The number of halogens is 1. The molecule has 0 bridgehead atoms. The van der Waals surface area contributed by atoms with Crippen LogP contribution < -0.4 is 14.9 Å². The monoisotopic (exact) mass is 490 g/mol. The molecule has 4 aromatic rings. The molecule has 0 heterocycles. The van der Waals surface area contributed by atoms with Gasteiger partial charge in [-0.3, -0.25) is 0 Å². The van der Waals surface area contributed by atoms with Crippen LogP contribution in [0.4, 0.5) is 0 Å². The fourth-order valence-electron chi connectivity index (χ4n) is 4.11. The van der Waals surface area contributed by atoms with E-state index in [1.54, 1.807) is 14.2 Å². The average Bonchev–Trinajstić information content (AvgIpc) is 2.77. The molecule has 0 aliphatic carbocycles. The number of fused-ring (bicyclic) bond motifs is 2. The fraction of sp³-hybridized carbons (Fsp3) is 0.231. The summed E-state index contributed by atoms with van der Waals surface area (Å²) in [6.45, 7) is 4.41. The SMILES string of the molecule is [B]c1ccc2c(-c3c(OCOC)cc(C)c4cc(Br)ccc34)c(OCOC)cc(C)c2c1.